The zero-order valence-corrected chi connectivity index (χ0v) is 14.2. The molecule has 0 saturated heterocycles. The van der Waals surface area contributed by atoms with Crippen LogP contribution in [0, 0.1) is 0 Å². The van der Waals surface area contributed by atoms with Gasteiger partial charge in [0.25, 0.3) is 0 Å². The molecule has 6 heteroatoms. The van der Waals surface area contributed by atoms with Gasteiger partial charge in [0.2, 0.25) is 5.91 Å². The largest absolute Gasteiger partial charge is 0.492 e. The predicted octanol–water partition coefficient (Wildman–Crippen LogP) is 3.13. The molecule has 0 radical (unpaired) electrons. The molecule has 2 N–H and O–H groups in total. The Morgan fingerprint density at radius 3 is 2.62 bits per heavy atom. The van der Waals surface area contributed by atoms with Gasteiger partial charge in [-0.05, 0) is 37.5 Å². The molecular formula is C15H22Cl2N2O2. The summed E-state index contributed by atoms with van der Waals surface area (Å²) in [6, 6.07) is 3.45. The van der Waals surface area contributed by atoms with Crippen molar-refractivity contribution < 1.29 is 9.53 Å². The third-order valence-corrected chi connectivity index (χ3v) is 3.41. The van der Waals surface area contributed by atoms with Gasteiger partial charge in [-0.1, -0.05) is 23.2 Å². The molecule has 4 nitrogen and oxygen atoms in total. The van der Waals surface area contributed by atoms with Crippen LogP contribution in [0.4, 0.5) is 0 Å². The number of rotatable bonds is 7. The first-order valence-electron chi connectivity index (χ1n) is 6.87. The summed E-state index contributed by atoms with van der Waals surface area (Å²) in [5.41, 5.74) is 6.72. The lowest BCUT2D eigenvalue weighted by atomic mass is 10.1. The van der Waals surface area contributed by atoms with E-state index in [9.17, 15) is 4.79 Å². The zero-order valence-electron chi connectivity index (χ0n) is 12.7. The smallest absolute Gasteiger partial charge is 0.222 e. The topological polar surface area (TPSA) is 55.6 Å². The minimum Gasteiger partial charge on any atom is -0.492 e. The minimum atomic E-state index is -0.0165. The van der Waals surface area contributed by atoms with E-state index in [0.29, 0.717) is 41.7 Å². The van der Waals surface area contributed by atoms with Crippen LogP contribution < -0.4 is 10.5 Å². The number of nitrogens with two attached hydrogens (primary N) is 1. The van der Waals surface area contributed by atoms with E-state index >= 15 is 0 Å². The number of hydrogen-bond donors (Lipinski definition) is 1. The molecule has 0 bridgehead atoms. The van der Waals surface area contributed by atoms with Gasteiger partial charge in [-0.25, -0.2) is 0 Å². The van der Waals surface area contributed by atoms with E-state index < -0.39 is 0 Å². The number of benzene rings is 1. The molecule has 21 heavy (non-hydrogen) atoms. The molecule has 1 rings (SSSR count). The van der Waals surface area contributed by atoms with Crippen LogP contribution in [0.5, 0.6) is 5.75 Å². The van der Waals surface area contributed by atoms with Crippen LogP contribution in [0.15, 0.2) is 12.1 Å². The van der Waals surface area contributed by atoms with Crippen LogP contribution in [0.25, 0.3) is 0 Å². The van der Waals surface area contributed by atoms with Crippen LogP contribution in [-0.4, -0.2) is 37.6 Å². The average molecular weight is 333 g/mol. The van der Waals surface area contributed by atoms with Gasteiger partial charge in [0.05, 0.1) is 11.6 Å². The van der Waals surface area contributed by atoms with E-state index in [1.807, 2.05) is 13.0 Å². The van der Waals surface area contributed by atoms with E-state index in [0.717, 1.165) is 5.56 Å². The van der Waals surface area contributed by atoms with Gasteiger partial charge < -0.3 is 15.4 Å². The average Bonchev–Trinajstić information content (AvgIpc) is 2.35. The number of halogens is 2. The van der Waals surface area contributed by atoms with E-state index in [4.69, 9.17) is 33.7 Å². The first kappa shape index (κ1) is 18.1. The van der Waals surface area contributed by atoms with Gasteiger partial charge in [-0.15, -0.1) is 0 Å². The second kappa shape index (κ2) is 8.47. The molecule has 1 unspecified atom stereocenters. The van der Waals surface area contributed by atoms with Crippen molar-refractivity contribution in [3.63, 3.8) is 0 Å². The highest BCUT2D eigenvalue weighted by Gasteiger charge is 2.13. The van der Waals surface area contributed by atoms with Gasteiger partial charge in [-0.2, -0.15) is 0 Å². The molecule has 0 aromatic heterocycles. The Labute approximate surface area is 136 Å². The van der Waals surface area contributed by atoms with E-state index in [1.54, 1.807) is 25.1 Å². The molecular weight excluding hydrogens is 311 g/mol. The van der Waals surface area contributed by atoms with Crippen molar-refractivity contribution in [2.45, 2.75) is 32.2 Å². The maximum Gasteiger partial charge on any atom is 0.222 e. The molecule has 1 aromatic carbocycles. The Hall–Kier alpha value is -0.970. The predicted molar refractivity (Wildman–Crippen MR) is 87.2 cm³/mol. The molecule has 0 fully saturated rings. The first-order valence-corrected chi connectivity index (χ1v) is 7.63. The summed E-state index contributed by atoms with van der Waals surface area (Å²) in [4.78, 5) is 13.1. The lowest BCUT2D eigenvalue weighted by Crippen LogP contribution is -2.22. The fourth-order valence-corrected chi connectivity index (χ4v) is 2.49. The Morgan fingerprint density at radius 2 is 2.05 bits per heavy atom. The number of carbonyl (C=O) groups excluding carboxylic acids is 1. The fourth-order valence-electron chi connectivity index (χ4n) is 1.90. The van der Waals surface area contributed by atoms with Crippen LogP contribution >= 0.6 is 23.2 Å². The summed E-state index contributed by atoms with van der Waals surface area (Å²) in [7, 11) is 3.47. The van der Waals surface area contributed by atoms with E-state index in [2.05, 4.69) is 0 Å². The molecule has 0 aliphatic heterocycles. The van der Waals surface area contributed by atoms with Crippen molar-refractivity contribution in [2.24, 2.45) is 5.73 Å². The number of carbonyl (C=O) groups is 1. The van der Waals surface area contributed by atoms with E-state index in [-0.39, 0.29) is 11.9 Å². The van der Waals surface area contributed by atoms with Crippen LogP contribution in [0.1, 0.15) is 25.3 Å². The molecule has 1 atom stereocenters. The molecule has 0 saturated carbocycles. The molecule has 0 spiro atoms. The number of nitrogens with zero attached hydrogens (tertiary/aromatic N) is 1. The summed E-state index contributed by atoms with van der Waals surface area (Å²) >= 11 is 12.2. The Morgan fingerprint density at radius 1 is 1.38 bits per heavy atom. The molecule has 0 aliphatic rings. The summed E-state index contributed by atoms with van der Waals surface area (Å²) in [5, 5.41) is 1.03. The van der Waals surface area contributed by atoms with Crippen molar-refractivity contribution in [1.82, 2.24) is 4.90 Å². The lowest BCUT2D eigenvalue weighted by molar-refractivity contribution is -0.128. The number of ether oxygens (including phenoxy) is 1. The molecule has 1 aromatic rings. The number of amides is 1. The summed E-state index contributed by atoms with van der Waals surface area (Å²) in [6.45, 7) is 2.33. The second-order valence-electron chi connectivity index (χ2n) is 5.30. The Bertz CT molecular complexity index is 491. The molecule has 118 valence electrons. The maximum atomic E-state index is 11.5. The fraction of sp³-hybridized carbons (Fsp3) is 0.533. The van der Waals surface area contributed by atoms with Crippen LogP contribution in [0.3, 0.4) is 0 Å². The van der Waals surface area contributed by atoms with Crippen molar-refractivity contribution in [3.8, 4) is 5.75 Å². The SMILES string of the molecule is CC(N)Cc1cc(Cl)cc(Cl)c1OCCCC(=O)N(C)C. The number of hydrogen-bond acceptors (Lipinski definition) is 3. The third kappa shape index (κ3) is 6.12. The van der Waals surface area contributed by atoms with Crippen molar-refractivity contribution in [3.05, 3.63) is 27.7 Å². The summed E-state index contributed by atoms with van der Waals surface area (Å²) in [6.07, 6.45) is 1.71. The zero-order chi connectivity index (χ0) is 16.0. The maximum absolute atomic E-state index is 11.5. The third-order valence-electron chi connectivity index (χ3n) is 2.91. The molecule has 0 aliphatic carbocycles. The highest BCUT2D eigenvalue weighted by molar-refractivity contribution is 6.35. The minimum absolute atomic E-state index is 0.0165. The summed E-state index contributed by atoms with van der Waals surface area (Å²) < 4.78 is 5.74. The van der Waals surface area contributed by atoms with Crippen molar-refractivity contribution in [1.29, 1.82) is 0 Å². The highest BCUT2D eigenvalue weighted by Crippen LogP contribution is 2.33. The van der Waals surface area contributed by atoms with Gasteiger partial charge >= 0.3 is 0 Å². The van der Waals surface area contributed by atoms with Crippen molar-refractivity contribution >= 4 is 29.1 Å². The monoisotopic (exact) mass is 332 g/mol. The van der Waals surface area contributed by atoms with Crippen LogP contribution in [0.2, 0.25) is 10.0 Å². The summed E-state index contributed by atoms with van der Waals surface area (Å²) in [5.74, 6) is 0.687. The highest BCUT2D eigenvalue weighted by atomic mass is 35.5. The molecule has 1 amide bonds. The standard InChI is InChI=1S/C15H22Cl2N2O2/c1-10(18)7-11-8-12(16)9-13(17)15(11)21-6-4-5-14(20)19(2)3/h8-10H,4-7,18H2,1-3H3. The second-order valence-corrected chi connectivity index (χ2v) is 6.14. The molecule has 0 heterocycles. The van der Waals surface area contributed by atoms with Gasteiger partial charge in [0.1, 0.15) is 5.75 Å². The quantitative estimate of drug-likeness (QED) is 0.780. The van der Waals surface area contributed by atoms with Gasteiger partial charge in [0.15, 0.2) is 0 Å². The van der Waals surface area contributed by atoms with Gasteiger partial charge in [0, 0.05) is 31.6 Å². The first-order chi connectivity index (χ1) is 9.81. The lowest BCUT2D eigenvalue weighted by Gasteiger charge is -2.16. The Balaban J connectivity index is 2.67. The van der Waals surface area contributed by atoms with Crippen LogP contribution in [-0.2, 0) is 11.2 Å². The van der Waals surface area contributed by atoms with Crippen molar-refractivity contribution in [2.75, 3.05) is 20.7 Å². The van der Waals surface area contributed by atoms with E-state index in [1.165, 1.54) is 0 Å². The normalized spacial score (nSPS) is 12.1. The van der Waals surface area contributed by atoms with Gasteiger partial charge in [-0.3, -0.25) is 4.79 Å². The Kier molecular flexibility index (Phi) is 7.29.